The molecule has 3 rings (SSSR count). The number of carbonyl (C=O) groups is 1. The van der Waals surface area contributed by atoms with Gasteiger partial charge >= 0.3 is 0 Å². The van der Waals surface area contributed by atoms with Crippen LogP contribution in [-0.2, 0) is 9.84 Å². The van der Waals surface area contributed by atoms with E-state index in [0.717, 1.165) is 12.1 Å². The molecule has 1 aromatic heterocycles. The predicted molar refractivity (Wildman–Crippen MR) is 92.0 cm³/mol. The fraction of sp³-hybridized carbons (Fsp3) is 0.412. The molecule has 0 radical (unpaired) electrons. The van der Waals surface area contributed by atoms with Crippen LogP contribution < -0.4 is 0 Å². The second-order valence-electron chi connectivity index (χ2n) is 6.05. The lowest BCUT2D eigenvalue weighted by Gasteiger charge is -2.28. The van der Waals surface area contributed by atoms with Gasteiger partial charge in [-0.3, -0.25) is 4.79 Å². The van der Waals surface area contributed by atoms with Crippen molar-refractivity contribution in [3.05, 3.63) is 48.3 Å². The summed E-state index contributed by atoms with van der Waals surface area (Å²) in [6, 6.07) is 8.85. The molecule has 128 valence electrons. The molecule has 0 saturated carbocycles. The van der Waals surface area contributed by atoms with Gasteiger partial charge in [-0.05, 0) is 43.2 Å². The molecule has 2 aromatic rings. The Kier molecular flexibility index (Phi) is 4.71. The first kappa shape index (κ1) is 16.7. The zero-order valence-corrected chi connectivity index (χ0v) is 14.4. The van der Waals surface area contributed by atoms with Gasteiger partial charge in [0.1, 0.15) is 0 Å². The summed E-state index contributed by atoms with van der Waals surface area (Å²) in [6.45, 7) is 2.56. The first-order valence-corrected chi connectivity index (χ1v) is 9.94. The Hall–Kier alpha value is -2.15. The van der Waals surface area contributed by atoms with E-state index in [0.29, 0.717) is 18.5 Å². The average molecular weight is 347 g/mol. The lowest BCUT2D eigenvalue weighted by Crippen LogP contribution is -2.41. The van der Waals surface area contributed by atoms with Crippen molar-refractivity contribution >= 4 is 15.7 Å². The third-order valence-corrected chi connectivity index (χ3v) is 6.01. The molecular formula is C17H21N3O3S. The maximum Gasteiger partial charge on any atom is 0.254 e. The maximum atomic E-state index is 12.8. The summed E-state index contributed by atoms with van der Waals surface area (Å²) < 4.78 is 25.2. The van der Waals surface area contributed by atoms with Crippen molar-refractivity contribution in [2.75, 3.05) is 18.1 Å². The van der Waals surface area contributed by atoms with Crippen molar-refractivity contribution in [1.82, 2.24) is 14.7 Å². The fourth-order valence-corrected chi connectivity index (χ4v) is 4.79. The molecular weight excluding hydrogens is 326 g/mol. The molecule has 7 heteroatoms. The van der Waals surface area contributed by atoms with E-state index in [2.05, 4.69) is 5.10 Å². The Morgan fingerprint density at radius 2 is 2.08 bits per heavy atom. The first-order valence-electron chi connectivity index (χ1n) is 8.11. The van der Waals surface area contributed by atoms with Crippen molar-refractivity contribution < 1.29 is 13.2 Å². The Balaban J connectivity index is 1.80. The van der Waals surface area contributed by atoms with E-state index in [1.807, 2.05) is 31.3 Å². The van der Waals surface area contributed by atoms with Crippen LogP contribution in [0.3, 0.4) is 0 Å². The molecule has 1 aliphatic rings. The van der Waals surface area contributed by atoms with E-state index in [9.17, 15) is 13.2 Å². The minimum atomic E-state index is -3.02. The quantitative estimate of drug-likeness (QED) is 0.828. The van der Waals surface area contributed by atoms with Crippen molar-refractivity contribution in [2.24, 2.45) is 0 Å². The summed E-state index contributed by atoms with van der Waals surface area (Å²) >= 11 is 0. The van der Waals surface area contributed by atoms with E-state index in [4.69, 9.17) is 0 Å². The molecule has 1 unspecified atom stereocenters. The molecule has 0 aliphatic carbocycles. The predicted octanol–water partition coefficient (Wildman–Crippen LogP) is 1.91. The summed E-state index contributed by atoms with van der Waals surface area (Å²) in [5, 5.41) is 4.16. The zero-order chi connectivity index (χ0) is 17.2. The summed E-state index contributed by atoms with van der Waals surface area (Å²) in [5.41, 5.74) is 1.45. The van der Waals surface area contributed by atoms with Crippen LogP contribution >= 0.6 is 0 Å². The van der Waals surface area contributed by atoms with Crippen LogP contribution in [0.2, 0.25) is 0 Å². The molecule has 6 nitrogen and oxygen atoms in total. The Morgan fingerprint density at radius 3 is 2.62 bits per heavy atom. The largest absolute Gasteiger partial charge is 0.335 e. The number of nitrogens with zero attached hydrogens (tertiary/aromatic N) is 3. The van der Waals surface area contributed by atoms with Crippen LogP contribution in [0.4, 0.5) is 0 Å². The number of hydrogen-bond acceptors (Lipinski definition) is 4. The van der Waals surface area contributed by atoms with Gasteiger partial charge in [-0.25, -0.2) is 13.1 Å². The summed E-state index contributed by atoms with van der Waals surface area (Å²) in [5.74, 6) is 0.138. The lowest BCUT2D eigenvalue weighted by molar-refractivity contribution is 0.0697. The van der Waals surface area contributed by atoms with Gasteiger partial charge in [0.15, 0.2) is 9.84 Å². The van der Waals surface area contributed by atoms with Crippen molar-refractivity contribution in [1.29, 1.82) is 0 Å². The smallest absolute Gasteiger partial charge is 0.254 e. The highest BCUT2D eigenvalue weighted by Gasteiger charge is 2.34. The normalized spacial score (nSPS) is 19.3. The minimum absolute atomic E-state index is 0.0735. The summed E-state index contributed by atoms with van der Waals surface area (Å²) in [7, 11) is -3.02. The standard InChI is InChI=1S/C17H21N3O3S/c1-2-10-19(16-8-12-24(22,23)13-16)17(21)14-4-6-15(7-5-14)20-11-3-9-18-20/h3-7,9,11,16H,2,8,10,12-13H2,1H3. The molecule has 0 bridgehead atoms. The maximum absolute atomic E-state index is 12.8. The number of benzene rings is 1. The molecule has 1 atom stereocenters. The number of amides is 1. The third-order valence-electron chi connectivity index (χ3n) is 4.26. The lowest BCUT2D eigenvalue weighted by atomic mass is 10.1. The van der Waals surface area contributed by atoms with Crippen LogP contribution in [0.15, 0.2) is 42.7 Å². The highest BCUT2D eigenvalue weighted by molar-refractivity contribution is 7.91. The van der Waals surface area contributed by atoms with E-state index in [1.54, 1.807) is 27.9 Å². The molecule has 1 amide bonds. The SMILES string of the molecule is CCCN(C(=O)c1ccc(-n2cccn2)cc1)C1CCS(=O)(=O)C1. The fourth-order valence-electron chi connectivity index (χ4n) is 3.06. The van der Waals surface area contributed by atoms with Gasteiger partial charge in [0, 0.05) is 30.5 Å². The zero-order valence-electron chi connectivity index (χ0n) is 13.6. The van der Waals surface area contributed by atoms with E-state index in [-0.39, 0.29) is 23.5 Å². The van der Waals surface area contributed by atoms with E-state index in [1.165, 1.54) is 0 Å². The number of hydrogen-bond donors (Lipinski definition) is 0. The first-order chi connectivity index (χ1) is 11.5. The Bertz CT molecular complexity index is 798. The van der Waals surface area contributed by atoms with Crippen LogP contribution in [0.25, 0.3) is 5.69 Å². The Morgan fingerprint density at radius 1 is 1.33 bits per heavy atom. The second-order valence-corrected chi connectivity index (χ2v) is 8.28. The van der Waals surface area contributed by atoms with Crippen LogP contribution in [0, 0.1) is 0 Å². The minimum Gasteiger partial charge on any atom is -0.335 e. The van der Waals surface area contributed by atoms with Crippen molar-refractivity contribution in [3.63, 3.8) is 0 Å². The van der Waals surface area contributed by atoms with Gasteiger partial charge in [0.05, 0.1) is 17.2 Å². The van der Waals surface area contributed by atoms with Gasteiger partial charge in [-0.2, -0.15) is 5.10 Å². The number of carbonyl (C=O) groups excluding carboxylic acids is 1. The molecule has 1 saturated heterocycles. The summed E-state index contributed by atoms with van der Waals surface area (Å²) in [6.07, 6.45) is 4.86. The van der Waals surface area contributed by atoms with Crippen molar-refractivity contribution in [2.45, 2.75) is 25.8 Å². The molecule has 1 aliphatic heterocycles. The molecule has 2 heterocycles. The molecule has 24 heavy (non-hydrogen) atoms. The number of aromatic nitrogens is 2. The van der Waals surface area contributed by atoms with Gasteiger partial charge in [-0.15, -0.1) is 0 Å². The number of sulfone groups is 1. The monoisotopic (exact) mass is 347 g/mol. The van der Waals surface area contributed by atoms with E-state index >= 15 is 0 Å². The average Bonchev–Trinajstić information content (AvgIpc) is 3.22. The second kappa shape index (κ2) is 6.76. The van der Waals surface area contributed by atoms with Crippen molar-refractivity contribution in [3.8, 4) is 5.69 Å². The highest BCUT2D eigenvalue weighted by Crippen LogP contribution is 2.21. The van der Waals surface area contributed by atoms with Crippen LogP contribution in [-0.4, -0.2) is 53.1 Å². The van der Waals surface area contributed by atoms with Gasteiger partial charge < -0.3 is 4.90 Å². The third kappa shape index (κ3) is 3.51. The van der Waals surface area contributed by atoms with Crippen LogP contribution in [0.1, 0.15) is 30.1 Å². The highest BCUT2D eigenvalue weighted by atomic mass is 32.2. The Labute approximate surface area is 142 Å². The summed E-state index contributed by atoms with van der Waals surface area (Å²) in [4.78, 5) is 14.6. The van der Waals surface area contributed by atoms with Gasteiger partial charge in [-0.1, -0.05) is 6.92 Å². The van der Waals surface area contributed by atoms with Crippen LogP contribution in [0.5, 0.6) is 0 Å². The van der Waals surface area contributed by atoms with E-state index < -0.39 is 9.84 Å². The molecule has 1 aromatic carbocycles. The van der Waals surface area contributed by atoms with Gasteiger partial charge in [0.25, 0.3) is 5.91 Å². The topological polar surface area (TPSA) is 72.3 Å². The molecule has 1 fully saturated rings. The number of rotatable bonds is 5. The van der Waals surface area contributed by atoms with Gasteiger partial charge in [0.2, 0.25) is 0 Å². The molecule has 0 spiro atoms. The molecule has 0 N–H and O–H groups in total.